The molecule has 1 saturated carbocycles. The molecule has 3 heterocycles. The van der Waals surface area contributed by atoms with Gasteiger partial charge in [0.1, 0.15) is 12.0 Å². The van der Waals surface area contributed by atoms with E-state index in [0.29, 0.717) is 37.7 Å². The normalized spacial score (nSPS) is 22.7. The van der Waals surface area contributed by atoms with Gasteiger partial charge < -0.3 is 25.2 Å². The van der Waals surface area contributed by atoms with Gasteiger partial charge in [0.2, 0.25) is 15.7 Å². The molecule has 0 unspecified atom stereocenters. The summed E-state index contributed by atoms with van der Waals surface area (Å²) in [5, 5.41) is 6.18. The van der Waals surface area contributed by atoms with Gasteiger partial charge in [-0.1, -0.05) is 36.8 Å². The Morgan fingerprint density at radius 1 is 0.909 bits per heavy atom. The second-order valence-electron chi connectivity index (χ2n) is 16.0. The van der Waals surface area contributed by atoms with E-state index in [9.17, 15) is 26.8 Å². The fourth-order valence-corrected chi connectivity index (χ4v) is 11.3. The van der Waals surface area contributed by atoms with Crippen molar-refractivity contribution in [3.05, 3.63) is 89.7 Å². The first-order valence-electron chi connectivity index (χ1n) is 19.6. The molecule has 0 radical (unpaired) electrons. The summed E-state index contributed by atoms with van der Waals surface area (Å²) in [4.78, 5) is 32.1. The molecule has 2 N–H and O–H groups in total. The van der Waals surface area contributed by atoms with Crippen LogP contribution in [0, 0.1) is 23.6 Å². The molecule has 1 aliphatic carbocycles. The van der Waals surface area contributed by atoms with Crippen LogP contribution in [0.4, 0.5) is 19.3 Å². The number of methoxy groups -OCH3 is 1. The number of amides is 2. The third kappa shape index (κ3) is 8.39. The standard InChI is InChI=1S/C42H53F2N5O5S/c1-29(50)45-28-42(33-8-6-9-34(43)21-33,38-12-7-13-39(38)46-41(51)54-2)32-16-18-47(19-17-32)22-30-23-49(24-30)36-14-15-40(31(20-36)25-48-26-35(44)27-48)55(52,53)37-10-4-3-5-11-37/h3-6,8-11,14-15,20-21,30,32,35,38-39H,7,12-13,16-19,22-28H2,1-2H3,(H,45,50)(H,46,51)/t38-,39-,42-/m0/s1. The number of alkyl halides is 1. The van der Waals surface area contributed by atoms with E-state index in [1.165, 1.54) is 20.1 Å². The van der Waals surface area contributed by atoms with Gasteiger partial charge in [-0.15, -0.1) is 0 Å². The molecule has 13 heteroatoms. The molecule has 3 saturated heterocycles. The molecule has 0 bridgehead atoms. The van der Waals surface area contributed by atoms with E-state index in [2.05, 4.69) is 20.4 Å². The average Bonchev–Trinajstić information content (AvgIpc) is 3.61. The van der Waals surface area contributed by atoms with Crippen molar-refractivity contribution in [2.75, 3.05) is 64.4 Å². The number of sulfone groups is 1. The van der Waals surface area contributed by atoms with Crippen LogP contribution in [0.3, 0.4) is 0 Å². The van der Waals surface area contributed by atoms with Gasteiger partial charge >= 0.3 is 6.09 Å². The second kappa shape index (κ2) is 16.6. The number of carbonyl (C=O) groups is 2. The minimum atomic E-state index is -3.74. The molecule has 2 amide bonds. The number of piperidine rings is 1. The van der Waals surface area contributed by atoms with Crippen LogP contribution in [-0.4, -0.2) is 102 Å². The summed E-state index contributed by atoms with van der Waals surface area (Å²) in [7, 11) is -2.38. The lowest BCUT2D eigenvalue weighted by molar-refractivity contribution is -0.119. The van der Waals surface area contributed by atoms with Crippen LogP contribution >= 0.6 is 0 Å². The van der Waals surface area contributed by atoms with E-state index in [4.69, 9.17) is 4.74 Å². The molecular weight excluding hydrogens is 725 g/mol. The van der Waals surface area contributed by atoms with Crippen LogP contribution in [0.1, 0.15) is 50.2 Å². The predicted octanol–water partition coefficient (Wildman–Crippen LogP) is 5.56. The van der Waals surface area contributed by atoms with E-state index in [1.54, 1.807) is 48.5 Å². The number of benzene rings is 3. The second-order valence-corrected chi connectivity index (χ2v) is 17.9. The maximum Gasteiger partial charge on any atom is 0.407 e. The van der Waals surface area contributed by atoms with Crippen LogP contribution < -0.4 is 15.5 Å². The highest BCUT2D eigenvalue weighted by Crippen LogP contribution is 2.50. The lowest BCUT2D eigenvalue weighted by Gasteiger charge is -2.51. The third-order valence-electron chi connectivity index (χ3n) is 12.5. The van der Waals surface area contributed by atoms with Crippen molar-refractivity contribution in [1.82, 2.24) is 20.4 Å². The Bertz CT molecular complexity index is 1930. The highest BCUT2D eigenvalue weighted by atomic mass is 32.2. The van der Waals surface area contributed by atoms with Crippen molar-refractivity contribution in [3.8, 4) is 0 Å². The summed E-state index contributed by atoms with van der Waals surface area (Å²) < 4.78 is 61.0. The zero-order valence-corrected chi connectivity index (χ0v) is 32.6. The molecule has 0 aromatic heterocycles. The fraction of sp³-hybridized carbons (Fsp3) is 0.524. The predicted molar refractivity (Wildman–Crippen MR) is 207 cm³/mol. The highest BCUT2D eigenvalue weighted by Gasteiger charge is 2.52. The Balaban J connectivity index is 1.04. The number of hydrogen-bond acceptors (Lipinski definition) is 8. The lowest BCUT2D eigenvalue weighted by Crippen LogP contribution is -2.58. The molecule has 4 fully saturated rings. The highest BCUT2D eigenvalue weighted by molar-refractivity contribution is 7.91. The maximum absolute atomic E-state index is 14.9. The Hall–Kier alpha value is -4.07. The zero-order valence-electron chi connectivity index (χ0n) is 31.8. The maximum atomic E-state index is 14.9. The van der Waals surface area contributed by atoms with Crippen LogP contribution in [0.5, 0.6) is 0 Å². The van der Waals surface area contributed by atoms with Crippen molar-refractivity contribution in [2.24, 2.45) is 17.8 Å². The number of hydrogen-bond donors (Lipinski definition) is 2. The molecule has 3 aromatic rings. The number of nitrogens with one attached hydrogen (secondary N) is 2. The van der Waals surface area contributed by atoms with Crippen LogP contribution in [0.2, 0.25) is 0 Å². The quantitative estimate of drug-likeness (QED) is 0.232. The number of halogens is 2. The first kappa shape index (κ1) is 39.2. The SMILES string of the molecule is COC(=O)N[C@H]1CCC[C@@H]1[C@](CNC(C)=O)(c1cccc(F)c1)C1CCN(CC2CN(c3ccc(S(=O)(=O)c4ccccc4)c(CN4CC(F)C4)c3)C2)CC1. The minimum absolute atomic E-state index is 0.0181. The molecule has 10 nitrogen and oxygen atoms in total. The van der Waals surface area contributed by atoms with E-state index >= 15 is 0 Å². The van der Waals surface area contributed by atoms with Crippen molar-refractivity contribution in [3.63, 3.8) is 0 Å². The summed E-state index contributed by atoms with van der Waals surface area (Å²) in [5.41, 5.74) is 1.93. The molecule has 3 aromatic carbocycles. The van der Waals surface area contributed by atoms with Gasteiger partial charge in [-0.05, 0) is 104 Å². The smallest absolute Gasteiger partial charge is 0.407 e. The molecule has 0 spiro atoms. The van der Waals surface area contributed by atoms with E-state index < -0.39 is 27.5 Å². The van der Waals surface area contributed by atoms with E-state index in [1.807, 2.05) is 23.1 Å². The summed E-state index contributed by atoms with van der Waals surface area (Å²) in [6.45, 7) is 7.20. The third-order valence-corrected chi connectivity index (χ3v) is 14.4. The van der Waals surface area contributed by atoms with Gasteiger partial charge in [-0.2, -0.15) is 0 Å². The number of ether oxygens (including phenoxy) is 1. The first-order chi connectivity index (χ1) is 26.5. The lowest BCUT2D eigenvalue weighted by atomic mass is 9.58. The monoisotopic (exact) mass is 777 g/mol. The minimum Gasteiger partial charge on any atom is -0.453 e. The average molecular weight is 778 g/mol. The van der Waals surface area contributed by atoms with Crippen molar-refractivity contribution < 1.29 is 31.5 Å². The molecule has 55 heavy (non-hydrogen) atoms. The Labute approximate surface area is 323 Å². The zero-order chi connectivity index (χ0) is 38.7. The largest absolute Gasteiger partial charge is 0.453 e. The number of alkyl carbamates (subject to hydrolysis) is 1. The summed E-state index contributed by atoms with van der Waals surface area (Å²) in [6, 6.07) is 20.6. The number of nitrogens with zero attached hydrogens (tertiary/aromatic N) is 3. The molecule has 3 aliphatic heterocycles. The summed E-state index contributed by atoms with van der Waals surface area (Å²) >= 11 is 0. The topological polar surface area (TPSA) is 111 Å². The number of rotatable bonds is 13. The molecule has 7 rings (SSSR count). The number of carbonyl (C=O) groups excluding carboxylic acids is 2. The molecular formula is C42H53F2N5O5S. The Kier molecular flexibility index (Phi) is 11.8. The Morgan fingerprint density at radius 3 is 2.33 bits per heavy atom. The molecule has 3 atom stereocenters. The summed E-state index contributed by atoms with van der Waals surface area (Å²) in [5.74, 6) is 0.0996. The molecule has 4 aliphatic rings. The van der Waals surface area contributed by atoms with Crippen LogP contribution in [0.15, 0.2) is 82.6 Å². The van der Waals surface area contributed by atoms with Gasteiger partial charge in [0, 0.05) is 75.8 Å². The van der Waals surface area contributed by atoms with E-state index in [-0.39, 0.29) is 39.4 Å². The number of anilines is 1. The van der Waals surface area contributed by atoms with Gasteiger partial charge in [-0.3, -0.25) is 9.69 Å². The van der Waals surface area contributed by atoms with Crippen molar-refractivity contribution in [1.29, 1.82) is 0 Å². The van der Waals surface area contributed by atoms with Crippen LogP contribution in [0.25, 0.3) is 0 Å². The fourth-order valence-electron chi connectivity index (χ4n) is 9.78. The van der Waals surface area contributed by atoms with Crippen molar-refractivity contribution >= 4 is 27.5 Å². The Morgan fingerprint density at radius 2 is 1.65 bits per heavy atom. The van der Waals surface area contributed by atoms with Gasteiger partial charge in [-0.25, -0.2) is 22.0 Å². The first-order valence-corrected chi connectivity index (χ1v) is 21.1. The van der Waals surface area contributed by atoms with E-state index in [0.717, 1.165) is 76.1 Å². The summed E-state index contributed by atoms with van der Waals surface area (Å²) in [6.07, 6.45) is 2.92. The number of likely N-dealkylation sites (tertiary alicyclic amines) is 2. The van der Waals surface area contributed by atoms with Gasteiger partial charge in [0.05, 0.1) is 16.9 Å². The van der Waals surface area contributed by atoms with Gasteiger partial charge in [0.15, 0.2) is 0 Å². The van der Waals surface area contributed by atoms with Gasteiger partial charge in [0.25, 0.3) is 0 Å². The molecule has 296 valence electrons. The van der Waals surface area contributed by atoms with Crippen molar-refractivity contribution in [2.45, 2.75) is 73.0 Å². The van der Waals surface area contributed by atoms with Crippen LogP contribution in [-0.2, 0) is 31.3 Å².